The van der Waals surface area contributed by atoms with Gasteiger partial charge in [0.15, 0.2) is 0 Å². The number of aromatic nitrogens is 2. The van der Waals surface area contributed by atoms with E-state index in [1.54, 1.807) is 47.1 Å². The molecule has 2 aromatic carbocycles. The molecule has 0 atom stereocenters. The van der Waals surface area contributed by atoms with Gasteiger partial charge in [0, 0.05) is 29.1 Å². The van der Waals surface area contributed by atoms with Gasteiger partial charge in [-0.05, 0) is 30.3 Å². The SMILES string of the molecule is CC(F)(F)c1cccc(-c2cc(N)nn2-c2ccc(Cl)cc2)c1. The number of nitrogens with zero attached hydrogens (tertiary/aromatic N) is 2. The predicted octanol–water partition coefficient (Wildman–Crippen LogP) is 4.89. The van der Waals surface area contributed by atoms with Crippen LogP contribution in [0.1, 0.15) is 12.5 Å². The van der Waals surface area contributed by atoms with E-state index in [1.807, 2.05) is 0 Å². The maximum absolute atomic E-state index is 13.6. The molecule has 1 aromatic heterocycles. The summed E-state index contributed by atoms with van der Waals surface area (Å²) in [6.45, 7) is 0.872. The molecule has 6 heteroatoms. The number of halogens is 3. The number of rotatable bonds is 3. The van der Waals surface area contributed by atoms with E-state index in [0.29, 0.717) is 22.1 Å². The van der Waals surface area contributed by atoms with Crippen molar-refractivity contribution >= 4 is 17.4 Å². The average molecular weight is 334 g/mol. The zero-order chi connectivity index (χ0) is 16.6. The Hall–Kier alpha value is -2.40. The highest BCUT2D eigenvalue weighted by molar-refractivity contribution is 6.30. The number of hydrogen-bond donors (Lipinski definition) is 1. The minimum absolute atomic E-state index is 0.0579. The highest BCUT2D eigenvalue weighted by Crippen LogP contribution is 2.32. The molecule has 0 aliphatic rings. The van der Waals surface area contributed by atoms with Crippen LogP contribution in [0.25, 0.3) is 16.9 Å². The Kier molecular flexibility index (Phi) is 3.82. The lowest BCUT2D eigenvalue weighted by Crippen LogP contribution is -2.07. The Morgan fingerprint density at radius 2 is 1.78 bits per heavy atom. The van der Waals surface area contributed by atoms with E-state index in [0.717, 1.165) is 12.6 Å². The van der Waals surface area contributed by atoms with Crippen molar-refractivity contribution in [1.82, 2.24) is 9.78 Å². The lowest BCUT2D eigenvalue weighted by atomic mass is 10.0. The van der Waals surface area contributed by atoms with E-state index in [9.17, 15) is 8.78 Å². The normalized spacial score (nSPS) is 11.7. The zero-order valence-corrected chi connectivity index (χ0v) is 13.1. The molecule has 0 saturated heterocycles. The molecule has 0 fully saturated rings. The highest BCUT2D eigenvalue weighted by atomic mass is 35.5. The van der Waals surface area contributed by atoms with Crippen molar-refractivity contribution in [1.29, 1.82) is 0 Å². The van der Waals surface area contributed by atoms with Crippen LogP contribution in [0.4, 0.5) is 14.6 Å². The Balaban J connectivity index is 2.13. The zero-order valence-electron chi connectivity index (χ0n) is 12.3. The molecule has 3 aromatic rings. The molecular formula is C17H14ClF2N3. The van der Waals surface area contributed by atoms with E-state index in [4.69, 9.17) is 17.3 Å². The fourth-order valence-corrected chi connectivity index (χ4v) is 2.46. The number of hydrogen-bond acceptors (Lipinski definition) is 2. The first-order valence-electron chi connectivity index (χ1n) is 6.95. The van der Waals surface area contributed by atoms with Crippen LogP contribution in [-0.2, 0) is 5.92 Å². The summed E-state index contributed by atoms with van der Waals surface area (Å²) in [6.07, 6.45) is 0. The molecule has 0 unspecified atom stereocenters. The second kappa shape index (κ2) is 5.66. The molecule has 0 aliphatic carbocycles. The van der Waals surface area contributed by atoms with Crippen LogP contribution in [-0.4, -0.2) is 9.78 Å². The number of alkyl halides is 2. The third kappa shape index (κ3) is 3.19. The van der Waals surface area contributed by atoms with Crippen molar-refractivity contribution in [2.45, 2.75) is 12.8 Å². The lowest BCUT2D eigenvalue weighted by Gasteiger charge is -2.13. The number of nitrogens with two attached hydrogens (primary N) is 1. The van der Waals surface area contributed by atoms with Crippen molar-refractivity contribution in [2.24, 2.45) is 0 Å². The summed E-state index contributed by atoms with van der Waals surface area (Å²) < 4.78 is 28.7. The third-order valence-corrected chi connectivity index (χ3v) is 3.72. The monoisotopic (exact) mass is 333 g/mol. The Bertz CT molecular complexity index is 836. The number of benzene rings is 2. The van der Waals surface area contributed by atoms with Crippen LogP contribution in [0.3, 0.4) is 0 Å². The first-order chi connectivity index (χ1) is 10.8. The van der Waals surface area contributed by atoms with E-state index >= 15 is 0 Å². The molecule has 3 nitrogen and oxygen atoms in total. The van der Waals surface area contributed by atoms with Gasteiger partial charge >= 0.3 is 0 Å². The number of anilines is 1. The van der Waals surface area contributed by atoms with Crippen molar-refractivity contribution in [3.8, 4) is 16.9 Å². The summed E-state index contributed by atoms with van der Waals surface area (Å²) in [5.74, 6) is -2.60. The Labute approximate surface area is 137 Å². The largest absolute Gasteiger partial charge is 0.382 e. The predicted molar refractivity (Wildman–Crippen MR) is 88.0 cm³/mol. The van der Waals surface area contributed by atoms with Crippen LogP contribution in [0.2, 0.25) is 5.02 Å². The minimum atomic E-state index is -2.91. The van der Waals surface area contributed by atoms with Crippen LogP contribution in [0.5, 0.6) is 0 Å². The van der Waals surface area contributed by atoms with Gasteiger partial charge in [0.25, 0.3) is 5.92 Å². The van der Waals surface area contributed by atoms with Gasteiger partial charge in [-0.1, -0.05) is 29.8 Å². The quantitative estimate of drug-likeness (QED) is 0.741. The van der Waals surface area contributed by atoms with Gasteiger partial charge in [0.05, 0.1) is 11.4 Å². The van der Waals surface area contributed by atoms with Crippen molar-refractivity contribution in [3.05, 3.63) is 65.2 Å². The van der Waals surface area contributed by atoms with E-state index < -0.39 is 5.92 Å². The summed E-state index contributed by atoms with van der Waals surface area (Å²) in [5.41, 5.74) is 7.74. The van der Waals surface area contributed by atoms with Gasteiger partial charge in [-0.15, -0.1) is 0 Å². The summed E-state index contributed by atoms with van der Waals surface area (Å²) in [6, 6.07) is 14.9. The Morgan fingerprint density at radius 1 is 1.09 bits per heavy atom. The van der Waals surface area contributed by atoms with Crippen LogP contribution >= 0.6 is 11.6 Å². The third-order valence-electron chi connectivity index (χ3n) is 3.46. The first-order valence-corrected chi connectivity index (χ1v) is 7.32. The molecule has 0 radical (unpaired) electrons. The molecule has 0 spiro atoms. The van der Waals surface area contributed by atoms with Crippen LogP contribution < -0.4 is 5.73 Å². The molecule has 0 amide bonds. The standard InChI is InChI=1S/C17H14ClF2N3/c1-17(19,20)12-4-2-3-11(9-12)15-10-16(21)22-23(15)14-7-5-13(18)6-8-14/h2-10H,1H3,(H2,21,22). The first kappa shape index (κ1) is 15.5. The molecule has 0 aliphatic heterocycles. The topological polar surface area (TPSA) is 43.8 Å². The van der Waals surface area contributed by atoms with E-state index in [2.05, 4.69) is 5.10 Å². The average Bonchev–Trinajstić information content (AvgIpc) is 2.89. The summed E-state index contributed by atoms with van der Waals surface area (Å²) in [4.78, 5) is 0. The maximum atomic E-state index is 13.6. The van der Waals surface area contributed by atoms with Crippen molar-refractivity contribution in [2.75, 3.05) is 5.73 Å². The number of nitrogen functional groups attached to an aromatic ring is 1. The van der Waals surface area contributed by atoms with E-state index in [-0.39, 0.29) is 5.56 Å². The van der Waals surface area contributed by atoms with Gasteiger partial charge in [-0.2, -0.15) is 5.10 Å². The van der Waals surface area contributed by atoms with Crippen molar-refractivity contribution < 1.29 is 8.78 Å². The summed E-state index contributed by atoms with van der Waals surface area (Å²) in [5, 5.41) is 4.84. The second-order valence-electron chi connectivity index (χ2n) is 5.31. The Morgan fingerprint density at radius 3 is 2.43 bits per heavy atom. The maximum Gasteiger partial charge on any atom is 0.270 e. The summed E-state index contributed by atoms with van der Waals surface area (Å²) in [7, 11) is 0. The molecule has 0 saturated carbocycles. The smallest absolute Gasteiger partial charge is 0.270 e. The van der Waals surface area contributed by atoms with Gasteiger partial charge < -0.3 is 5.73 Å². The lowest BCUT2D eigenvalue weighted by molar-refractivity contribution is 0.0175. The molecule has 23 heavy (non-hydrogen) atoms. The molecule has 3 rings (SSSR count). The molecule has 0 bridgehead atoms. The van der Waals surface area contributed by atoms with Gasteiger partial charge in [0.2, 0.25) is 0 Å². The van der Waals surface area contributed by atoms with Crippen LogP contribution in [0, 0.1) is 0 Å². The van der Waals surface area contributed by atoms with Gasteiger partial charge in [-0.25, -0.2) is 13.5 Å². The van der Waals surface area contributed by atoms with Crippen LogP contribution in [0.15, 0.2) is 54.6 Å². The van der Waals surface area contributed by atoms with Crippen molar-refractivity contribution in [3.63, 3.8) is 0 Å². The minimum Gasteiger partial charge on any atom is -0.382 e. The fourth-order valence-electron chi connectivity index (χ4n) is 2.34. The molecule has 1 heterocycles. The second-order valence-corrected chi connectivity index (χ2v) is 5.75. The highest BCUT2D eigenvalue weighted by Gasteiger charge is 2.24. The fraction of sp³-hybridized carbons (Fsp3) is 0.118. The van der Waals surface area contributed by atoms with Gasteiger partial charge in [-0.3, -0.25) is 0 Å². The summed E-state index contributed by atoms with van der Waals surface area (Å²) >= 11 is 5.89. The molecule has 2 N–H and O–H groups in total. The molecular weight excluding hydrogens is 320 g/mol. The van der Waals surface area contributed by atoms with E-state index in [1.165, 1.54) is 12.1 Å². The molecule has 118 valence electrons. The van der Waals surface area contributed by atoms with Gasteiger partial charge in [0.1, 0.15) is 5.82 Å².